The van der Waals surface area contributed by atoms with E-state index < -0.39 is 17.6 Å². The second-order valence-electron chi connectivity index (χ2n) is 4.76. The Morgan fingerprint density at radius 1 is 1.28 bits per heavy atom. The third-order valence-electron chi connectivity index (χ3n) is 3.36. The van der Waals surface area contributed by atoms with Crippen molar-refractivity contribution in [2.24, 2.45) is 5.92 Å². The van der Waals surface area contributed by atoms with Crippen molar-refractivity contribution in [3.05, 3.63) is 29.3 Å². The van der Waals surface area contributed by atoms with Crippen LogP contribution in [-0.4, -0.2) is 24.2 Å². The van der Waals surface area contributed by atoms with Gasteiger partial charge in [-0.25, -0.2) is 13.6 Å². The number of carboxylic acids is 1. The Balaban J connectivity index is 2.31. The van der Waals surface area contributed by atoms with Gasteiger partial charge >= 0.3 is 5.97 Å². The Morgan fingerprint density at radius 2 is 1.78 bits per heavy atom. The van der Waals surface area contributed by atoms with Gasteiger partial charge in [0.2, 0.25) is 0 Å². The molecule has 1 saturated heterocycles. The minimum absolute atomic E-state index is 0.105. The molecule has 3 nitrogen and oxygen atoms in total. The van der Waals surface area contributed by atoms with Crippen LogP contribution in [0, 0.1) is 17.6 Å². The molecule has 1 N–H and O–H groups in total. The highest BCUT2D eigenvalue weighted by molar-refractivity contribution is 5.88. The number of halogens is 2. The number of aromatic carboxylic acids is 1. The van der Waals surface area contributed by atoms with Gasteiger partial charge in [-0.05, 0) is 30.9 Å². The van der Waals surface area contributed by atoms with Gasteiger partial charge in [-0.2, -0.15) is 0 Å². The van der Waals surface area contributed by atoms with Crippen molar-refractivity contribution in [2.45, 2.75) is 19.8 Å². The monoisotopic (exact) mass is 255 g/mol. The Bertz CT molecular complexity index is 445. The van der Waals surface area contributed by atoms with E-state index in [1.54, 1.807) is 4.90 Å². The normalized spacial score (nSPS) is 16.9. The van der Waals surface area contributed by atoms with E-state index >= 15 is 0 Å². The second-order valence-corrected chi connectivity index (χ2v) is 4.76. The molecule has 0 atom stereocenters. The summed E-state index contributed by atoms with van der Waals surface area (Å²) < 4.78 is 27.6. The van der Waals surface area contributed by atoms with Crippen LogP contribution in [-0.2, 0) is 0 Å². The van der Waals surface area contributed by atoms with Crippen molar-refractivity contribution in [2.75, 3.05) is 18.0 Å². The molecule has 0 saturated carbocycles. The molecule has 1 aromatic rings. The lowest BCUT2D eigenvalue weighted by Crippen LogP contribution is -2.34. The van der Waals surface area contributed by atoms with Crippen molar-refractivity contribution >= 4 is 11.7 Å². The highest BCUT2D eigenvalue weighted by atomic mass is 19.1. The first-order chi connectivity index (χ1) is 8.49. The summed E-state index contributed by atoms with van der Waals surface area (Å²) in [6, 6.07) is 1.75. The van der Waals surface area contributed by atoms with Gasteiger partial charge in [0.25, 0.3) is 0 Å². The molecule has 0 spiro atoms. The van der Waals surface area contributed by atoms with Crippen LogP contribution < -0.4 is 4.90 Å². The summed E-state index contributed by atoms with van der Waals surface area (Å²) in [5.41, 5.74) is -0.467. The fraction of sp³-hybridized carbons (Fsp3) is 0.462. The molecule has 0 aliphatic carbocycles. The Hall–Kier alpha value is -1.65. The molecule has 0 bridgehead atoms. The number of anilines is 1. The number of piperidine rings is 1. The highest BCUT2D eigenvalue weighted by Crippen LogP contribution is 2.29. The van der Waals surface area contributed by atoms with Crippen LogP contribution in [0.5, 0.6) is 0 Å². The van der Waals surface area contributed by atoms with E-state index in [4.69, 9.17) is 5.11 Å². The first-order valence-corrected chi connectivity index (χ1v) is 5.96. The predicted molar refractivity (Wildman–Crippen MR) is 63.9 cm³/mol. The van der Waals surface area contributed by atoms with Crippen LogP contribution in [0.4, 0.5) is 14.5 Å². The molecule has 5 heteroatoms. The van der Waals surface area contributed by atoms with Gasteiger partial charge in [0.1, 0.15) is 17.3 Å². The maximum absolute atomic E-state index is 13.8. The summed E-state index contributed by atoms with van der Waals surface area (Å²) in [5, 5.41) is 8.72. The van der Waals surface area contributed by atoms with Gasteiger partial charge in [0, 0.05) is 13.1 Å². The van der Waals surface area contributed by atoms with Crippen molar-refractivity contribution in [1.29, 1.82) is 0 Å². The smallest absolute Gasteiger partial charge is 0.335 e. The van der Waals surface area contributed by atoms with Crippen LogP contribution in [0.25, 0.3) is 0 Å². The number of carboxylic acid groups (broad SMARTS) is 1. The van der Waals surface area contributed by atoms with Crippen molar-refractivity contribution in [3.8, 4) is 0 Å². The molecular weight excluding hydrogens is 240 g/mol. The third kappa shape index (κ3) is 2.44. The van der Waals surface area contributed by atoms with E-state index in [1.165, 1.54) is 0 Å². The van der Waals surface area contributed by atoms with E-state index in [2.05, 4.69) is 6.92 Å². The summed E-state index contributed by atoms with van der Waals surface area (Å²) in [6.07, 6.45) is 1.78. The summed E-state index contributed by atoms with van der Waals surface area (Å²) >= 11 is 0. The molecule has 1 aliphatic heterocycles. The average molecular weight is 255 g/mol. The molecule has 0 radical (unpaired) electrons. The lowest BCUT2D eigenvalue weighted by molar-refractivity contribution is 0.0696. The largest absolute Gasteiger partial charge is 0.478 e. The number of rotatable bonds is 2. The predicted octanol–water partition coefficient (Wildman–Crippen LogP) is 2.90. The van der Waals surface area contributed by atoms with Gasteiger partial charge < -0.3 is 10.0 Å². The molecular formula is C13H15F2NO2. The van der Waals surface area contributed by atoms with E-state index in [0.717, 1.165) is 25.0 Å². The summed E-state index contributed by atoms with van der Waals surface area (Å²) in [4.78, 5) is 12.3. The number of hydrogen-bond acceptors (Lipinski definition) is 2. The van der Waals surface area contributed by atoms with Crippen LogP contribution in [0.2, 0.25) is 0 Å². The fourth-order valence-corrected chi connectivity index (χ4v) is 2.22. The fourth-order valence-electron chi connectivity index (χ4n) is 2.22. The van der Waals surface area contributed by atoms with Crippen molar-refractivity contribution in [1.82, 2.24) is 0 Å². The maximum atomic E-state index is 13.8. The zero-order valence-electron chi connectivity index (χ0n) is 10.1. The van der Waals surface area contributed by atoms with E-state index in [1.807, 2.05) is 0 Å². The second kappa shape index (κ2) is 4.92. The maximum Gasteiger partial charge on any atom is 0.335 e. The molecule has 1 aromatic carbocycles. The zero-order chi connectivity index (χ0) is 13.3. The van der Waals surface area contributed by atoms with Crippen LogP contribution in [0.3, 0.4) is 0 Å². The lowest BCUT2D eigenvalue weighted by Gasteiger charge is -2.32. The minimum atomic E-state index is -1.33. The van der Waals surface area contributed by atoms with Gasteiger partial charge in [-0.3, -0.25) is 0 Å². The summed E-state index contributed by atoms with van der Waals surface area (Å²) in [7, 11) is 0. The molecule has 0 amide bonds. The Labute approximate surface area is 104 Å². The number of hydrogen-bond donors (Lipinski definition) is 1. The van der Waals surface area contributed by atoms with E-state index in [0.29, 0.717) is 19.0 Å². The number of nitrogens with zero attached hydrogens (tertiary/aromatic N) is 1. The highest BCUT2D eigenvalue weighted by Gasteiger charge is 2.23. The van der Waals surface area contributed by atoms with Crippen molar-refractivity contribution in [3.63, 3.8) is 0 Å². The number of carbonyl (C=O) groups is 1. The van der Waals surface area contributed by atoms with E-state index in [9.17, 15) is 13.6 Å². The molecule has 1 aliphatic rings. The van der Waals surface area contributed by atoms with Gasteiger partial charge in [-0.1, -0.05) is 6.92 Å². The molecule has 18 heavy (non-hydrogen) atoms. The first kappa shape index (κ1) is 12.8. The zero-order valence-corrected chi connectivity index (χ0v) is 10.1. The molecule has 0 aromatic heterocycles. The Morgan fingerprint density at radius 3 is 2.22 bits per heavy atom. The van der Waals surface area contributed by atoms with Crippen LogP contribution >= 0.6 is 0 Å². The van der Waals surface area contributed by atoms with Crippen molar-refractivity contribution < 1.29 is 18.7 Å². The quantitative estimate of drug-likeness (QED) is 0.883. The number of benzene rings is 1. The standard InChI is InChI=1S/C13H15F2NO2/c1-8-2-4-16(5-3-8)12-10(14)6-9(13(17)18)7-11(12)15/h6-8H,2-5H2,1H3,(H,17,18). The summed E-state index contributed by atoms with van der Waals surface area (Å²) in [5.74, 6) is -2.37. The van der Waals surface area contributed by atoms with Gasteiger partial charge in [0.05, 0.1) is 5.56 Å². The van der Waals surface area contributed by atoms with Crippen LogP contribution in [0.1, 0.15) is 30.1 Å². The molecule has 98 valence electrons. The topological polar surface area (TPSA) is 40.5 Å². The lowest BCUT2D eigenvalue weighted by atomic mass is 9.98. The average Bonchev–Trinajstić information content (AvgIpc) is 2.30. The first-order valence-electron chi connectivity index (χ1n) is 5.96. The van der Waals surface area contributed by atoms with Crippen LogP contribution in [0.15, 0.2) is 12.1 Å². The summed E-state index contributed by atoms with van der Waals surface area (Å²) in [6.45, 7) is 3.31. The SMILES string of the molecule is CC1CCN(c2c(F)cc(C(=O)O)cc2F)CC1. The molecule has 1 fully saturated rings. The molecule has 1 heterocycles. The van der Waals surface area contributed by atoms with E-state index in [-0.39, 0.29) is 11.3 Å². The minimum Gasteiger partial charge on any atom is -0.478 e. The Kier molecular flexibility index (Phi) is 3.50. The van der Waals surface area contributed by atoms with Gasteiger partial charge in [0.15, 0.2) is 0 Å². The molecule has 0 unspecified atom stereocenters. The van der Waals surface area contributed by atoms with Gasteiger partial charge in [-0.15, -0.1) is 0 Å². The third-order valence-corrected chi connectivity index (χ3v) is 3.36. The molecule has 2 rings (SSSR count).